The molecule has 0 amide bonds. The summed E-state index contributed by atoms with van der Waals surface area (Å²) in [7, 11) is 2.15. The summed E-state index contributed by atoms with van der Waals surface area (Å²) < 4.78 is 22.9. The van der Waals surface area contributed by atoms with Crippen LogP contribution in [0.4, 0.5) is 0 Å². The van der Waals surface area contributed by atoms with Gasteiger partial charge in [-0.2, -0.15) is 13.5 Å². The van der Waals surface area contributed by atoms with Crippen LogP contribution in [0.1, 0.15) is 155 Å². The second-order valence-corrected chi connectivity index (χ2v) is 38.1. The largest absolute Gasteiger partial charge is 0.396 e. The molecule has 0 aliphatic carbocycles. The lowest BCUT2D eigenvalue weighted by Gasteiger charge is -2.31. The van der Waals surface area contributed by atoms with Crippen LogP contribution in [0.3, 0.4) is 0 Å². The van der Waals surface area contributed by atoms with Gasteiger partial charge in [0.25, 0.3) is 0 Å². The first-order valence-electron chi connectivity index (χ1n) is 47.4. The minimum Gasteiger partial charge on any atom is -0.396 e. The van der Waals surface area contributed by atoms with Crippen LogP contribution >= 0.6 is 94.7 Å². The van der Waals surface area contributed by atoms with Crippen LogP contribution < -0.4 is 39.8 Å². The summed E-state index contributed by atoms with van der Waals surface area (Å²) in [4.78, 5) is 147. The molecule has 16 aromatic rings. The molecule has 3 saturated heterocycles. The number of aryl methyl sites for hydroxylation is 3. The SMILES string of the molecule is CCC(C(C)C)n1c(=O)[nH]c2ncc(Cl)cc21.CCN(CC)CCCC(C)n1c(=O)[nH]c2ncc(Cl)cc21.CC[C@@H](CN1CCOCC1)n1c(=O)[nH]c2ncc(Cl)cc21.CC[C@H](CCO)n1c(=O)[nH]c2ncc(Cl)cc21.CN1CCCC1CCn1c(=O)[nH]c2ncc(Cl)cc21.O=c1[nH]c2ncc(Cl)cc2n1CCc1ccncc1.O=c1[nH]c2ncc(Cl)cc2n1[C@H](Cc1ccccc1)CN1CCOCC1.S. The number of hydrogen-bond acceptors (Lipinski definition) is 22. The van der Waals surface area contributed by atoms with Gasteiger partial charge in [-0.15, -0.1) is 0 Å². The zero-order chi connectivity index (χ0) is 99.8. The van der Waals surface area contributed by atoms with Gasteiger partial charge in [-0.05, 0) is 182 Å². The van der Waals surface area contributed by atoms with Gasteiger partial charge in [0.15, 0.2) is 39.5 Å². The Bertz CT molecular complexity index is 7190. The Morgan fingerprint density at radius 1 is 0.433 bits per heavy atom. The van der Waals surface area contributed by atoms with Crippen LogP contribution in [0.2, 0.25) is 35.2 Å². The third kappa shape index (κ3) is 28.5. The molecular formula is C97H123Cl7N26O10S. The molecule has 8 N–H and O–H groups in total. The quantitative estimate of drug-likeness (QED) is 0.0216. The predicted molar refractivity (Wildman–Crippen MR) is 566 cm³/mol. The lowest BCUT2D eigenvalue weighted by molar-refractivity contribution is 0.0313. The van der Waals surface area contributed by atoms with Gasteiger partial charge in [0, 0.05) is 139 Å². The monoisotopic (exact) mass is 2090 g/mol. The molecule has 6 atom stereocenters. The van der Waals surface area contributed by atoms with E-state index in [9.17, 15) is 33.6 Å². The molecule has 0 bridgehead atoms. The first kappa shape index (κ1) is 109. The Morgan fingerprint density at radius 2 is 0.801 bits per heavy atom. The van der Waals surface area contributed by atoms with Gasteiger partial charge in [-0.25, -0.2) is 68.4 Å². The maximum absolute atomic E-state index is 12.7. The van der Waals surface area contributed by atoms with Gasteiger partial charge in [0.05, 0.1) is 112 Å². The number of aromatic nitrogens is 22. The summed E-state index contributed by atoms with van der Waals surface area (Å²) in [5.41, 5.74) is 10.7. The van der Waals surface area contributed by atoms with E-state index in [2.05, 4.69) is 162 Å². The Kier molecular flexibility index (Phi) is 40.7. The van der Waals surface area contributed by atoms with E-state index in [4.69, 9.17) is 95.8 Å². The van der Waals surface area contributed by atoms with Crippen LogP contribution in [0.5, 0.6) is 0 Å². The zero-order valence-electron chi connectivity index (χ0n) is 80.4. The average Bonchev–Trinajstić information content (AvgIpc) is 1.42. The summed E-state index contributed by atoms with van der Waals surface area (Å²) in [6.07, 6.45) is 24.3. The number of morpholine rings is 2. The smallest absolute Gasteiger partial charge is 0.327 e. The molecule has 0 saturated carbocycles. The number of halogens is 7. The number of nitrogens with zero attached hydrogens (tertiary/aromatic N) is 19. The van der Waals surface area contributed by atoms with Gasteiger partial charge in [-0.1, -0.05) is 160 Å². The molecule has 756 valence electrons. The Hall–Kier alpha value is -10.6. The maximum atomic E-state index is 12.7. The Balaban J connectivity index is 0.000000148. The van der Waals surface area contributed by atoms with Crippen molar-refractivity contribution >= 4 is 173 Å². The van der Waals surface area contributed by atoms with Crippen molar-refractivity contribution in [2.24, 2.45) is 5.92 Å². The van der Waals surface area contributed by atoms with Crippen molar-refractivity contribution in [2.75, 3.05) is 106 Å². The van der Waals surface area contributed by atoms with Crippen LogP contribution in [-0.2, 0) is 35.4 Å². The number of imidazole rings is 7. The van der Waals surface area contributed by atoms with Gasteiger partial charge in [0.2, 0.25) is 0 Å². The van der Waals surface area contributed by atoms with Crippen molar-refractivity contribution in [1.29, 1.82) is 0 Å². The number of benzene rings is 1. The molecule has 3 aliphatic rings. The van der Waals surface area contributed by atoms with Crippen molar-refractivity contribution < 1.29 is 14.6 Å². The van der Waals surface area contributed by atoms with Crippen LogP contribution in [-0.4, -0.2) is 243 Å². The molecule has 44 heteroatoms. The minimum absolute atomic E-state index is 0. The van der Waals surface area contributed by atoms with Crippen molar-refractivity contribution in [3.63, 3.8) is 0 Å². The number of likely N-dealkylation sites (tertiary alicyclic amines) is 1. The molecule has 0 spiro atoms. The number of nitrogens with one attached hydrogen (secondary N) is 7. The lowest BCUT2D eigenvalue weighted by Crippen LogP contribution is -2.41. The highest BCUT2D eigenvalue weighted by Crippen LogP contribution is 2.30. The van der Waals surface area contributed by atoms with Gasteiger partial charge >= 0.3 is 39.8 Å². The summed E-state index contributed by atoms with van der Waals surface area (Å²) in [5, 5.41) is 12.7. The van der Waals surface area contributed by atoms with Gasteiger partial charge < -0.3 is 24.4 Å². The van der Waals surface area contributed by atoms with E-state index in [-0.39, 0.29) is 90.1 Å². The van der Waals surface area contributed by atoms with Gasteiger partial charge in [-0.3, -0.25) is 81.6 Å². The molecule has 3 aliphatic heterocycles. The third-order valence-electron chi connectivity index (χ3n) is 25.5. The third-order valence-corrected chi connectivity index (χ3v) is 27.0. The fourth-order valence-electron chi connectivity index (χ4n) is 18.2. The van der Waals surface area contributed by atoms with E-state index >= 15 is 0 Å². The molecule has 18 heterocycles. The van der Waals surface area contributed by atoms with Crippen LogP contribution in [0.15, 0.2) is 174 Å². The number of fused-ring (bicyclic) bond motifs is 7. The van der Waals surface area contributed by atoms with E-state index in [0.29, 0.717) is 112 Å². The first-order chi connectivity index (χ1) is 67.5. The Labute approximate surface area is 854 Å². The topological polar surface area (TPSA) is 419 Å². The first-order valence-corrected chi connectivity index (χ1v) is 50.0. The van der Waals surface area contributed by atoms with E-state index in [0.717, 1.165) is 182 Å². The fourth-order valence-corrected chi connectivity index (χ4v) is 19.3. The number of aliphatic hydroxyl groups is 1. The average molecular weight is 2090 g/mol. The number of aromatic amines is 7. The lowest BCUT2D eigenvalue weighted by atomic mass is 10.0. The molecule has 3 fully saturated rings. The van der Waals surface area contributed by atoms with E-state index in [1.54, 1.807) is 118 Å². The Morgan fingerprint density at radius 3 is 1.20 bits per heavy atom. The predicted octanol–water partition coefficient (Wildman–Crippen LogP) is 15.9. The highest BCUT2D eigenvalue weighted by Gasteiger charge is 2.28. The normalized spacial score (nSPS) is 15.2. The summed E-state index contributed by atoms with van der Waals surface area (Å²) >= 11 is 41.8. The summed E-state index contributed by atoms with van der Waals surface area (Å²) in [5.74, 6) is 0.385. The number of hydrogen-bond donors (Lipinski definition) is 8. The van der Waals surface area contributed by atoms with E-state index in [1.165, 1.54) is 30.8 Å². The summed E-state index contributed by atoms with van der Waals surface area (Å²) in [6.45, 7) is 30.6. The highest BCUT2D eigenvalue weighted by molar-refractivity contribution is 7.59. The van der Waals surface area contributed by atoms with Crippen molar-refractivity contribution in [2.45, 2.75) is 175 Å². The standard InChI is InChI=1S/C19H21ClN4O2.C15H23ClN4O.C14H19ClN4O2.C13H11ClN4O.C13H17ClN4O.C12H16ClN3O.C11H14ClN3O2.H2S/c20-15-11-17-18(21-12-15)22-19(25)24(17)16(10-14-4-2-1-3-5-14)13-23-6-8-26-9-7-23;1-4-19(5-2)8-6-7-11(3)20-13-9-12(16)10-17-14(13)18-15(20)21;1-2-11(9-18-3-5-21-6-4-18)19-12-7-10(15)8-16-13(12)17-14(19)20;14-10-7-11-12(16-8-10)17-13(19)18(11)6-3-9-1-4-15-5-2-9;1-17-5-2-3-10(17)4-6-18-11-7-9(14)8-15-12(11)16-13(18)19;1-4-9(7(2)3)16-10-5-8(13)6-14-11(10)15-12(16)17;1-2-8(3-4-16)15-9-5-7(12)6-13-10(9)14-11(15)17;/h1-5,11-12,16H,6-10,13H2,(H,21,22,25);9-11H,4-8H2,1-3H3,(H,17,18,21);7-8,11H,2-6,9H2,1H3,(H,16,17,20);1-2,4-5,7-8H,3,6H2,(H,16,17,19);7-8,10H,2-6H2,1H3,(H,15,16,19);5-7,9H,4H2,1-3H3,(H,14,15,17);5-6,8,16H,2-4H2,1H3,(H,13,14,17);1H2/t16-;;11-;;;;8-;/m1.0...1./s1. The number of ether oxygens (including phenoxy) is 2. The van der Waals surface area contributed by atoms with Gasteiger partial charge in [0.1, 0.15) is 0 Å². The molecule has 0 radical (unpaired) electrons. The minimum atomic E-state index is -0.213. The maximum Gasteiger partial charge on any atom is 0.327 e. The second kappa shape index (κ2) is 52.6. The molecule has 1 aromatic carbocycles. The fraction of sp³-hybridized carbons (Fsp3) is 0.454. The van der Waals surface area contributed by atoms with Crippen LogP contribution in [0.25, 0.3) is 78.1 Å². The highest BCUT2D eigenvalue weighted by atomic mass is 35.5. The molecule has 141 heavy (non-hydrogen) atoms. The van der Waals surface area contributed by atoms with Crippen molar-refractivity contribution in [3.8, 4) is 0 Å². The molecule has 36 nitrogen and oxygen atoms in total. The molecule has 15 aromatic heterocycles. The van der Waals surface area contributed by atoms with Crippen molar-refractivity contribution in [1.82, 2.24) is 126 Å². The van der Waals surface area contributed by atoms with Crippen LogP contribution in [0, 0.1) is 5.92 Å². The number of rotatable bonds is 29. The summed E-state index contributed by atoms with van der Waals surface area (Å²) in [6, 6.07) is 27.4. The number of aliphatic hydroxyl groups excluding tert-OH is 1. The van der Waals surface area contributed by atoms with E-state index in [1.807, 2.05) is 37.3 Å². The second-order valence-electron chi connectivity index (χ2n) is 35.0. The number of pyridine rings is 8. The molecular weight excluding hydrogens is 1970 g/mol. The van der Waals surface area contributed by atoms with Crippen molar-refractivity contribution in [3.05, 3.63) is 260 Å². The molecule has 3 unspecified atom stereocenters. The molecule has 19 rings (SSSR count). The zero-order valence-corrected chi connectivity index (χ0v) is 86.7. The number of H-pyrrole nitrogens is 7. The van der Waals surface area contributed by atoms with E-state index < -0.39 is 0 Å².